The molecule has 1 aliphatic carbocycles. The zero-order valence-corrected chi connectivity index (χ0v) is 14.1. The average Bonchev–Trinajstić information content (AvgIpc) is 2.98. The Bertz CT molecular complexity index is 883. The quantitative estimate of drug-likeness (QED) is 0.732. The molecule has 0 fully saturated rings. The van der Waals surface area contributed by atoms with Crippen LogP contribution in [0.2, 0.25) is 0 Å². The highest BCUT2D eigenvalue weighted by atomic mass is 16.1. The molecule has 4 rings (SSSR count). The van der Waals surface area contributed by atoms with Gasteiger partial charge in [0, 0.05) is 23.1 Å². The molecule has 3 aromatic rings. The van der Waals surface area contributed by atoms with Gasteiger partial charge in [0.25, 0.3) is 0 Å². The number of hydrogen-bond acceptors (Lipinski definition) is 2. The first-order valence-corrected chi connectivity index (χ1v) is 8.74. The molecule has 2 nitrogen and oxygen atoms in total. The number of hydrogen-bond donors (Lipinski definition) is 1. The Morgan fingerprint density at radius 2 is 1.48 bits per heavy atom. The Kier molecular flexibility index (Phi) is 4.21. The predicted molar refractivity (Wildman–Crippen MR) is 101 cm³/mol. The molecule has 25 heavy (non-hydrogen) atoms. The second kappa shape index (κ2) is 6.66. The second-order valence-electron chi connectivity index (χ2n) is 6.77. The van der Waals surface area contributed by atoms with Crippen LogP contribution in [0, 0.1) is 0 Å². The van der Waals surface area contributed by atoms with Crippen molar-refractivity contribution in [3.63, 3.8) is 0 Å². The summed E-state index contributed by atoms with van der Waals surface area (Å²) >= 11 is 0. The first kappa shape index (κ1) is 15.8. The van der Waals surface area contributed by atoms with Gasteiger partial charge in [-0.2, -0.15) is 0 Å². The van der Waals surface area contributed by atoms with E-state index in [-0.39, 0.29) is 11.8 Å². The summed E-state index contributed by atoms with van der Waals surface area (Å²) in [5.41, 5.74) is 11.8. The molecular weight excluding hydrogens is 306 g/mol. The third-order valence-electron chi connectivity index (χ3n) is 5.13. The molecule has 0 aliphatic heterocycles. The summed E-state index contributed by atoms with van der Waals surface area (Å²) in [6.07, 6.45) is 1.86. The summed E-state index contributed by atoms with van der Waals surface area (Å²) in [5, 5.41) is 0. The van der Waals surface area contributed by atoms with E-state index >= 15 is 0 Å². The zero-order valence-electron chi connectivity index (χ0n) is 14.1. The standard InChI is InChI=1S/C23H21NO/c24-22-15-19-8-4-5-9-20(19)21(22)14-16-10-12-18(13-11-16)23(25)17-6-2-1-3-7-17/h1-13,21-22H,14-15,24H2/t21-,22+/m1/s1. The summed E-state index contributed by atoms with van der Waals surface area (Å²) in [4.78, 5) is 12.5. The van der Waals surface area contributed by atoms with Crippen LogP contribution in [0.25, 0.3) is 0 Å². The smallest absolute Gasteiger partial charge is 0.193 e. The molecule has 2 N–H and O–H groups in total. The van der Waals surface area contributed by atoms with Gasteiger partial charge in [-0.3, -0.25) is 4.79 Å². The van der Waals surface area contributed by atoms with Crippen molar-refractivity contribution in [3.8, 4) is 0 Å². The lowest BCUT2D eigenvalue weighted by molar-refractivity contribution is 0.103. The number of carbonyl (C=O) groups excluding carboxylic acids is 1. The van der Waals surface area contributed by atoms with Gasteiger partial charge in [0.15, 0.2) is 5.78 Å². The molecule has 0 saturated carbocycles. The van der Waals surface area contributed by atoms with Crippen LogP contribution >= 0.6 is 0 Å². The molecule has 0 spiro atoms. The number of benzene rings is 3. The van der Waals surface area contributed by atoms with E-state index in [2.05, 4.69) is 36.4 Å². The lowest BCUT2D eigenvalue weighted by atomic mass is 9.90. The molecule has 3 aromatic carbocycles. The minimum Gasteiger partial charge on any atom is -0.327 e. The first-order chi connectivity index (χ1) is 12.2. The van der Waals surface area contributed by atoms with Crippen molar-refractivity contribution in [1.29, 1.82) is 0 Å². The minimum atomic E-state index is 0.0649. The Morgan fingerprint density at radius 1 is 0.840 bits per heavy atom. The lowest BCUT2D eigenvalue weighted by Gasteiger charge is -2.17. The van der Waals surface area contributed by atoms with Crippen molar-refractivity contribution in [3.05, 3.63) is 107 Å². The van der Waals surface area contributed by atoms with Crippen molar-refractivity contribution in [1.82, 2.24) is 0 Å². The molecule has 0 heterocycles. The van der Waals surface area contributed by atoms with E-state index in [1.165, 1.54) is 16.7 Å². The summed E-state index contributed by atoms with van der Waals surface area (Å²) in [7, 11) is 0. The third-order valence-corrected chi connectivity index (χ3v) is 5.13. The van der Waals surface area contributed by atoms with Crippen LogP contribution in [0.5, 0.6) is 0 Å². The second-order valence-corrected chi connectivity index (χ2v) is 6.77. The van der Waals surface area contributed by atoms with Crippen LogP contribution in [0.3, 0.4) is 0 Å². The number of rotatable bonds is 4. The van der Waals surface area contributed by atoms with Gasteiger partial charge in [0.1, 0.15) is 0 Å². The molecule has 124 valence electrons. The molecule has 0 unspecified atom stereocenters. The van der Waals surface area contributed by atoms with Crippen LogP contribution in [-0.2, 0) is 12.8 Å². The van der Waals surface area contributed by atoms with Gasteiger partial charge in [0.05, 0.1) is 0 Å². The molecule has 0 radical (unpaired) electrons. The molecule has 0 aromatic heterocycles. The molecule has 2 heteroatoms. The van der Waals surface area contributed by atoms with Gasteiger partial charge >= 0.3 is 0 Å². The highest BCUT2D eigenvalue weighted by Gasteiger charge is 2.29. The maximum atomic E-state index is 12.5. The van der Waals surface area contributed by atoms with Gasteiger partial charge in [-0.1, -0.05) is 78.9 Å². The van der Waals surface area contributed by atoms with E-state index < -0.39 is 0 Å². The van der Waals surface area contributed by atoms with Crippen molar-refractivity contribution < 1.29 is 4.79 Å². The maximum absolute atomic E-state index is 12.5. The Hall–Kier alpha value is -2.71. The largest absolute Gasteiger partial charge is 0.327 e. The van der Waals surface area contributed by atoms with Crippen LogP contribution in [0.1, 0.15) is 38.5 Å². The van der Waals surface area contributed by atoms with Crippen molar-refractivity contribution in [2.75, 3.05) is 0 Å². The Balaban J connectivity index is 1.53. The van der Waals surface area contributed by atoms with E-state index in [0.717, 1.165) is 24.0 Å². The van der Waals surface area contributed by atoms with Crippen molar-refractivity contribution >= 4 is 5.78 Å². The predicted octanol–water partition coefficient (Wildman–Crippen LogP) is 4.13. The van der Waals surface area contributed by atoms with Crippen LogP contribution in [0.4, 0.5) is 0 Å². The number of fused-ring (bicyclic) bond motifs is 1. The molecule has 1 aliphatic rings. The fraction of sp³-hybridized carbons (Fsp3) is 0.174. The van der Waals surface area contributed by atoms with E-state index in [0.29, 0.717) is 5.92 Å². The van der Waals surface area contributed by atoms with Crippen molar-refractivity contribution in [2.24, 2.45) is 5.73 Å². The van der Waals surface area contributed by atoms with Crippen LogP contribution < -0.4 is 5.73 Å². The summed E-state index contributed by atoms with van der Waals surface area (Å²) < 4.78 is 0. The van der Waals surface area contributed by atoms with E-state index in [9.17, 15) is 4.79 Å². The fourth-order valence-electron chi connectivity index (χ4n) is 3.77. The van der Waals surface area contributed by atoms with Crippen LogP contribution in [0.15, 0.2) is 78.9 Å². The third kappa shape index (κ3) is 3.13. The Morgan fingerprint density at radius 3 is 2.24 bits per heavy atom. The normalized spacial score (nSPS) is 18.8. The molecule has 0 bridgehead atoms. The average molecular weight is 327 g/mol. The monoisotopic (exact) mass is 327 g/mol. The highest BCUT2D eigenvalue weighted by molar-refractivity contribution is 6.08. The Labute approximate surface area is 148 Å². The summed E-state index contributed by atoms with van der Waals surface area (Å²) in [6, 6.07) is 26.1. The van der Waals surface area contributed by atoms with Gasteiger partial charge in [-0.25, -0.2) is 0 Å². The van der Waals surface area contributed by atoms with Gasteiger partial charge in [-0.15, -0.1) is 0 Å². The van der Waals surface area contributed by atoms with E-state index in [1.807, 2.05) is 42.5 Å². The SMILES string of the molecule is N[C@H]1Cc2ccccc2[C@H]1Cc1ccc(C(=O)c2ccccc2)cc1. The van der Waals surface area contributed by atoms with Gasteiger partial charge in [-0.05, 0) is 29.5 Å². The molecule has 0 saturated heterocycles. The van der Waals surface area contributed by atoms with E-state index in [1.54, 1.807) is 0 Å². The summed E-state index contributed by atoms with van der Waals surface area (Å²) in [5.74, 6) is 0.418. The molecular formula is C23H21NO. The number of carbonyl (C=O) groups is 1. The topological polar surface area (TPSA) is 43.1 Å². The van der Waals surface area contributed by atoms with Crippen LogP contribution in [-0.4, -0.2) is 11.8 Å². The van der Waals surface area contributed by atoms with E-state index in [4.69, 9.17) is 5.73 Å². The minimum absolute atomic E-state index is 0.0649. The molecule has 0 amide bonds. The molecule has 2 atom stereocenters. The number of ketones is 1. The number of nitrogens with two attached hydrogens (primary N) is 1. The van der Waals surface area contributed by atoms with Gasteiger partial charge < -0.3 is 5.73 Å². The van der Waals surface area contributed by atoms with Crippen molar-refractivity contribution in [2.45, 2.75) is 24.8 Å². The fourth-order valence-corrected chi connectivity index (χ4v) is 3.77. The lowest BCUT2D eigenvalue weighted by Crippen LogP contribution is -2.26. The highest BCUT2D eigenvalue weighted by Crippen LogP contribution is 2.34. The maximum Gasteiger partial charge on any atom is 0.193 e. The summed E-state index contributed by atoms with van der Waals surface area (Å²) in [6.45, 7) is 0. The first-order valence-electron chi connectivity index (χ1n) is 8.74. The zero-order chi connectivity index (χ0) is 17.2. The van der Waals surface area contributed by atoms with Gasteiger partial charge in [0.2, 0.25) is 0 Å².